The van der Waals surface area contributed by atoms with Gasteiger partial charge >= 0.3 is 0 Å². The predicted molar refractivity (Wildman–Crippen MR) is 69.3 cm³/mol. The molecule has 84 valence electrons. The number of aliphatic hydroxyl groups is 1. The van der Waals surface area contributed by atoms with Gasteiger partial charge in [-0.05, 0) is 42.0 Å². The van der Waals surface area contributed by atoms with Crippen molar-refractivity contribution in [2.24, 2.45) is 0 Å². The Morgan fingerprint density at radius 1 is 1.19 bits per heavy atom. The molecule has 1 N–H and O–H groups in total. The molecule has 1 nitrogen and oxygen atoms in total. The molecular weight excluding hydrogens is 240 g/mol. The minimum atomic E-state index is -0.619. The van der Waals surface area contributed by atoms with Crippen LogP contribution >= 0.6 is 22.9 Å². The van der Waals surface area contributed by atoms with Gasteiger partial charge in [0.1, 0.15) is 6.10 Å². The average molecular weight is 253 g/mol. The Morgan fingerprint density at radius 3 is 2.50 bits per heavy atom. The number of aliphatic hydroxyl groups excluding tert-OH is 1. The highest BCUT2D eigenvalue weighted by molar-refractivity contribution is 7.10. The van der Waals surface area contributed by atoms with E-state index in [1.807, 2.05) is 36.6 Å². The maximum atomic E-state index is 10.2. The summed E-state index contributed by atoms with van der Waals surface area (Å²) in [5.74, 6) is 0. The van der Waals surface area contributed by atoms with Crippen molar-refractivity contribution in [2.45, 2.75) is 20.0 Å². The summed E-state index contributed by atoms with van der Waals surface area (Å²) in [6.07, 6.45) is -0.619. The summed E-state index contributed by atoms with van der Waals surface area (Å²) in [6, 6.07) is 7.79. The van der Waals surface area contributed by atoms with Gasteiger partial charge in [0.05, 0.1) is 9.90 Å². The van der Waals surface area contributed by atoms with Gasteiger partial charge in [-0.3, -0.25) is 0 Å². The van der Waals surface area contributed by atoms with E-state index in [0.717, 1.165) is 10.4 Å². The molecule has 0 saturated heterocycles. The molecule has 0 aliphatic carbocycles. The first-order valence-corrected chi connectivity index (χ1v) is 6.33. The lowest BCUT2D eigenvalue weighted by molar-refractivity contribution is 0.224. The van der Waals surface area contributed by atoms with E-state index >= 15 is 0 Å². The number of halogens is 1. The molecule has 2 rings (SSSR count). The fourth-order valence-electron chi connectivity index (χ4n) is 1.59. The molecule has 0 saturated carbocycles. The minimum absolute atomic E-state index is 0.619. The second kappa shape index (κ2) is 4.58. The lowest BCUT2D eigenvalue weighted by atomic mass is 10.0. The lowest BCUT2D eigenvalue weighted by Gasteiger charge is -2.11. The third kappa shape index (κ3) is 2.14. The highest BCUT2D eigenvalue weighted by Crippen LogP contribution is 2.33. The summed E-state index contributed by atoms with van der Waals surface area (Å²) >= 11 is 7.49. The Hall–Kier alpha value is -0.830. The van der Waals surface area contributed by atoms with Crippen LogP contribution in [-0.2, 0) is 0 Å². The predicted octanol–water partition coefficient (Wildman–Crippen LogP) is 4.10. The van der Waals surface area contributed by atoms with Crippen LogP contribution in [0.25, 0.3) is 0 Å². The fraction of sp³-hybridized carbons (Fsp3) is 0.231. The molecule has 3 heteroatoms. The molecule has 0 spiro atoms. The van der Waals surface area contributed by atoms with E-state index in [4.69, 9.17) is 11.6 Å². The number of rotatable bonds is 2. The van der Waals surface area contributed by atoms with Crippen molar-refractivity contribution in [2.75, 3.05) is 0 Å². The molecule has 1 atom stereocenters. The Bertz CT molecular complexity index is 504. The van der Waals surface area contributed by atoms with Crippen LogP contribution in [0.1, 0.15) is 27.7 Å². The van der Waals surface area contributed by atoms with Crippen molar-refractivity contribution in [3.63, 3.8) is 0 Å². The van der Waals surface area contributed by atoms with Gasteiger partial charge in [0.25, 0.3) is 0 Å². The molecule has 1 aromatic heterocycles. The average Bonchev–Trinajstić information content (AvgIpc) is 2.67. The quantitative estimate of drug-likeness (QED) is 0.853. The largest absolute Gasteiger partial charge is 0.383 e. The van der Waals surface area contributed by atoms with E-state index in [1.165, 1.54) is 22.5 Å². The lowest BCUT2D eigenvalue weighted by Crippen LogP contribution is -1.98. The van der Waals surface area contributed by atoms with Crippen LogP contribution in [-0.4, -0.2) is 5.11 Å². The second-order valence-electron chi connectivity index (χ2n) is 3.88. The van der Waals surface area contributed by atoms with Crippen molar-refractivity contribution >= 4 is 22.9 Å². The van der Waals surface area contributed by atoms with Gasteiger partial charge < -0.3 is 5.11 Å². The van der Waals surface area contributed by atoms with Crippen LogP contribution < -0.4 is 0 Å². The standard InChI is InChI=1S/C13H13ClOS/c1-8-3-4-10(7-9(8)2)12(15)13-11(14)5-6-16-13/h3-7,12,15H,1-2H3. The van der Waals surface area contributed by atoms with Crippen LogP contribution in [0.2, 0.25) is 5.02 Å². The Balaban J connectivity index is 2.38. The van der Waals surface area contributed by atoms with E-state index < -0.39 is 6.10 Å². The molecule has 1 aromatic carbocycles. The highest BCUT2D eigenvalue weighted by Gasteiger charge is 2.15. The third-order valence-electron chi connectivity index (χ3n) is 2.74. The monoisotopic (exact) mass is 252 g/mol. The normalized spacial score (nSPS) is 12.8. The zero-order valence-electron chi connectivity index (χ0n) is 9.20. The summed E-state index contributed by atoms with van der Waals surface area (Å²) < 4.78 is 0. The smallest absolute Gasteiger partial charge is 0.115 e. The molecular formula is C13H13ClOS. The summed E-state index contributed by atoms with van der Waals surface area (Å²) in [6.45, 7) is 4.10. The van der Waals surface area contributed by atoms with E-state index in [2.05, 4.69) is 6.92 Å². The van der Waals surface area contributed by atoms with Crippen molar-refractivity contribution in [1.29, 1.82) is 0 Å². The van der Waals surface area contributed by atoms with Crippen molar-refractivity contribution in [3.8, 4) is 0 Å². The fourth-order valence-corrected chi connectivity index (χ4v) is 2.76. The Morgan fingerprint density at radius 2 is 1.94 bits per heavy atom. The van der Waals surface area contributed by atoms with E-state index in [1.54, 1.807) is 0 Å². The first kappa shape index (κ1) is 11.6. The molecule has 1 unspecified atom stereocenters. The van der Waals surface area contributed by atoms with E-state index in [9.17, 15) is 5.11 Å². The zero-order chi connectivity index (χ0) is 11.7. The molecule has 0 amide bonds. The minimum Gasteiger partial charge on any atom is -0.383 e. The van der Waals surface area contributed by atoms with Crippen molar-refractivity contribution in [1.82, 2.24) is 0 Å². The van der Waals surface area contributed by atoms with Crippen LogP contribution in [0.3, 0.4) is 0 Å². The molecule has 0 radical (unpaired) electrons. The molecule has 0 bridgehead atoms. The molecule has 2 aromatic rings. The number of aryl methyl sites for hydroxylation is 2. The van der Waals surface area contributed by atoms with Crippen LogP contribution in [0, 0.1) is 13.8 Å². The van der Waals surface area contributed by atoms with Gasteiger partial charge in [0, 0.05) is 0 Å². The SMILES string of the molecule is Cc1ccc(C(O)c2sccc2Cl)cc1C. The topological polar surface area (TPSA) is 20.2 Å². The maximum absolute atomic E-state index is 10.2. The van der Waals surface area contributed by atoms with E-state index in [-0.39, 0.29) is 0 Å². The summed E-state index contributed by atoms with van der Waals surface area (Å²) in [4.78, 5) is 0.810. The number of hydrogen-bond acceptors (Lipinski definition) is 2. The van der Waals surface area contributed by atoms with Crippen LogP contribution in [0.15, 0.2) is 29.6 Å². The molecule has 0 aliphatic heterocycles. The van der Waals surface area contributed by atoms with Crippen LogP contribution in [0.4, 0.5) is 0 Å². The van der Waals surface area contributed by atoms with Crippen molar-refractivity contribution in [3.05, 3.63) is 56.2 Å². The first-order valence-electron chi connectivity index (χ1n) is 5.07. The number of thiophene rings is 1. The first-order chi connectivity index (χ1) is 7.59. The van der Waals surface area contributed by atoms with Crippen molar-refractivity contribution < 1.29 is 5.11 Å². The molecule has 16 heavy (non-hydrogen) atoms. The maximum Gasteiger partial charge on any atom is 0.115 e. The van der Waals surface area contributed by atoms with Crippen LogP contribution in [0.5, 0.6) is 0 Å². The molecule has 1 heterocycles. The van der Waals surface area contributed by atoms with Gasteiger partial charge in [-0.15, -0.1) is 11.3 Å². The number of hydrogen-bond donors (Lipinski definition) is 1. The third-order valence-corrected chi connectivity index (χ3v) is 4.15. The highest BCUT2D eigenvalue weighted by atomic mass is 35.5. The zero-order valence-corrected chi connectivity index (χ0v) is 10.8. The van der Waals surface area contributed by atoms with Gasteiger partial charge in [0.2, 0.25) is 0 Å². The van der Waals surface area contributed by atoms with E-state index in [0.29, 0.717) is 5.02 Å². The van der Waals surface area contributed by atoms with Gasteiger partial charge in [-0.25, -0.2) is 0 Å². The van der Waals surface area contributed by atoms with Gasteiger partial charge in [0.15, 0.2) is 0 Å². The van der Waals surface area contributed by atoms with Gasteiger partial charge in [-0.2, -0.15) is 0 Å². The molecule has 0 aliphatic rings. The number of benzene rings is 1. The summed E-state index contributed by atoms with van der Waals surface area (Å²) in [5, 5.41) is 12.7. The second-order valence-corrected chi connectivity index (χ2v) is 5.23. The summed E-state index contributed by atoms with van der Waals surface area (Å²) in [7, 11) is 0. The van der Waals surface area contributed by atoms with Gasteiger partial charge in [-0.1, -0.05) is 29.8 Å². The molecule has 0 fully saturated rings. The Labute approximate surface area is 104 Å². The Kier molecular flexibility index (Phi) is 3.33. The summed E-state index contributed by atoms with van der Waals surface area (Å²) in [5.41, 5.74) is 3.31.